The summed E-state index contributed by atoms with van der Waals surface area (Å²) in [6.07, 6.45) is 2.14. The molecule has 3 rings (SSSR count). The van der Waals surface area contributed by atoms with Crippen LogP contribution < -0.4 is 10.2 Å². The first-order chi connectivity index (χ1) is 15.0. The molecule has 2 aliphatic rings. The lowest BCUT2D eigenvalue weighted by Crippen LogP contribution is -2.54. The number of amides is 4. The summed E-state index contributed by atoms with van der Waals surface area (Å²) in [5.74, 6) is -1.49. The molecular weight excluding hydrogens is 398 g/mol. The van der Waals surface area contributed by atoms with Crippen LogP contribution in [-0.2, 0) is 19.2 Å². The molecule has 1 saturated heterocycles. The average molecular weight is 425 g/mol. The molecule has 1 aliphatic carbocycles. The first-order valence-corrected chi connectivity index (χ1v) is 10.6. The minimum absolute atomic E-state index is 0.0437. The maximum absolute atomic E-state index is 12.7. The Labute approximate surface area is 181 Å². The van der Waals surface area contributed by atoms with Crippen molar-refractivity contribution in [3.8, 4) is 6.07 Å². The van der Waals surface area contributed by atoms with Crippen LogP contribution in [-0.4, -0.2) is 72.2 Å². The van der Waals surface area contributed by atoms with E-state index in [4.69, 9.17) is 5.26 Å². The van der Waals surface area contributed by atoms with Crippen molar-refractivity contribution in [2.45, 2.75) is 38.1 Å². The van der Waals surface area contributed by atoms with Crippen molar-refractivity contribution in [3.63, 3.8) is 0 Å². The van der Waals surface area contributed by atoms with Gasteiger partial charge in [-0.15, -0.1) is 0 Å². The lowest BCUT2D eigenvalue weighted by Gasteiger charge is -2.34. The standard InChI is InChI=1S/C22H27N5O4/c23-11-4-12-27(18-5-2-1-3-6-18)20(29)10-9-19(28)25-13-15-26(16-14-25)22(31)21(30)24-17-7-8-17/h1-3,5-6,17H,4,7-10,12-16H2,(H,24,30). The highest BCUT2D eigenvalue weighted by Crippen LogP contribution is 2.19. The van der Waals surface area contributed by atoms with E-state index in [-0.39, 0.29) is 43.7 Å². The summed E-state index contributed by atoms with van der Waals surface area (Å²) >= 11 is 0. The monoisotopic (exact) mass is 425 g/mol. The molecule has 9 nitrogen and oxygen atoms in total. The van der Waals surface area contributed by atoms with E-state index in [0.29, 0.717) is 31.9 Å². The van der Waals surface area contributed by atoms with Crippen LogP contribution in [0.5, 0.6) is 0 Å². The fourth-order valence-electron chi connectivity index (χ4n) is 3.45. The quantitative estimate of drug-likeness (QED) is 0.645. The SMILES string of the molecule is N#CCCN(C(=O)CCC(=O)N1CCN(C(=O)C(=O)NC2CC2)CC1)c1ccccc1. The summed E-state index contributed by atoms with van der Waals surface area (Å²) in [6.45, 7) is 1.56. The van der Waals surface area contributed by atoms with E-state index in [1.807, 2.05) is 24.3 Å². The first-order valence-electron chi connectivity index (χ1n) is 10.6. The van der Waals surface area contributed by atoms with Gasteiger partial charge < -0.3 is 20.0 Å². The highest BCUT2D eigenvalue weighted by Gasteiger charge is 2.31. The van der Waals surface area contributed by atoms with E-state index in [1.54, 1.807) is 17.0 Å². The van der Waals surface area contributed by atoms with Crippen LogP contribution in [0.2, 0.25) is 0 Å². The number of nitriles is 1. The third-order valence-corrected chi connectivity index (χ3v) is 5.40. The third kappa shape index (κ3) is 6.28. The minimum Gasteiger partial charge on any atom is -0.345 e. The molecule has 1 N–H and O–H groups in total. The average Bonchev–Trinajstić information content (AvgIpc) is 3.62. The number of benzene rings is 1. The molecule has 4 amide bonds. The van der Waals surface area contributed by atoms with Crippen molar-refractivity contribution in [1.29, 1.82) is 5.26 Å². The molecule has 1 saturated carbocycles. The molecule has 9 heteroatoms. The first kappa shape index (κ1) is 22.3. The smallest absolute Gasteiger partial charge is 0.312 e. The van der Waals surface area contributed by atoms with E-state index >= 15 is 0 Å². The second kappa shape index (κ2) is 10.6. The van der Waals surface area contributed by atoms with E-state index < -0.39 is 11.8 Å². The van der Waals surface area contributed by atoms with Crippen LogP contribution in [0, 0.1) is 11.3 Å². The van der Waals surface area contributed by atoms with Crippen molar-refractivity contribution in [2.75, 3.05) is 37.6 Å². The zero-order valence-electron chi connectivity index (χ0n) is 17.5. The number of carbonyl (C=O) groups excluding carboxylic acids is 4. The number of nitrogens with one attached hydrogen (secondary N) is 1. The summed E-state index contributed by atoms with van der Waals surface area (Å²) in [7, 11) is 0. The normalized spacial score (nSPS) is 15.7. The van der Waals surface area contributed by atoms with Gasteiger partial charge in [0.1, 0.15) is 0 Å². The van der Waals surface area contributed by atoms with Gasteiger partial charge in [0, 0.05) is 57.3 Å². The third-order valence-electron chi connectivity index (χ3n) is 5.40. The largest absolute Gasteiger partial charge is 0.345 e. The molecule has 1 aliphatic heterocycles. The van der Waals surface area contributed by atoms with Crippen LogP contribution in [0.15, 0.2) is 30.3 Å². The Kier molecular flexibility index (Phi) is 7.60. The molecule has 0 aromatic heterocycles. The van der Waals surface area contributed by atoms with Crippen LogP contribution in [0.3, 0.4) is 0 Å². The summed E-state index contributed by atoms with van der Waals surface area (Å²) in [5.41, 5.74) is 0.701. The van der Waals surface area contributed by atoms with Gasteiger partial charge in [0.25, 0.3) is 0 Å². The predicted octanol–water partition coefficient (Wildman–Crippen LogP) is 0.663. The van der Waals surface area contributed by atoms with Gasteiger partial charge >= 0.3 is 11.8 Å². The fourth-order valence-corrected chi connectivity index (χ4v) is 3.45. The molecule has 0 unspecified atom stereocenters. The van der Waals surface area contributed by atoms with Crippen molar-refractivity contribution in [1.82, 2.24) is 15.1 Å². The number of hydrogen-bond donors (Lipinski definition) is 1. The topological polar surface area (TPSA) is 114 Å². The molecular formula is C22H27N5O4. The highest BCUT2D eigenvalue weighted by atomic mass is 16.2. The molecule has 1 heterocycles. The van der Waals surface area contributed by atoms with Crippen LogP contribution in [0.25, 0.3) is 0 Å². The fraction of sp³-hybridized carbons (Fsp3) is 0.500. The molecule has 1 aromatic rings. The van der Waals surface area contributed by atoms with Crippen LogP contribution >= 0.6 is 0 Å². The second-order valence-electron chi connectivity index (χ2n) is 7.71. The number of hydrogen-bond acceptors (Lipinski definition) is 5. The summed E-state index contributed by atoms with van der Waals surface area (Å²) < 4.78 is 0. The molecule has 0 atom stereocenters. The number of rotatable bonds is 7. The van der Waals surface area contributed by atoms with E-state index in [1.165, 1.54) is 9.80 Å². The van der Waals surface area contributed by atoms with Gasteiger partial charge in [-0.05, 0) is 25.0 Å². The van der Waals surface area contributed by atoms with Crippen LogP contribution in [0.4, 0.5) is 5.69 Å². The minimum atomic E-state index is -0.578. The molecule has 0 radical (unpaired) electrons. The maximum Gasteiger partial charge on any atom is 0.312 e. The van der Waals surface area contributed by atoms with E-state index in [2.05, 4.69) is 5.32 Å². The van der Waals surface area contributed by atoms with Crippen molar-refractivity contribution >= 4 is 29.3 Å². The molecule has 2 fully saturated rings. The van der Waals surface area contributed by atoms with Gasteiger partial charge in [0.2, 0.25) is 11.8 Å². The number of piperazine rings is 1. The Morgan fingerprint density at radius 2 is 1.65 bits per heavy atom. The molecule has 31 heavy (non-hydrogen) atoms. The Bertz CT molecular complexity index is 854. The van der Waals surface area contributed by atoms with E-state index in [9.17, 15) is 19.2 Å². The van der Waals surface area contributed by atoms with Gasteiger partial charge in [-0.2, -0.15) is 5.26 Å². The Hall–Kier alpha value is -3.41. The zero-order chi connectivity index (χ0) is 22.2. The predicted molar refractivity (Wildman–Crippen MR) is 113 cm³/mol. The number of nitrogens with zero attached hydrogens (tertiary/aromatic N) is 4. The van der Waals surface area contributed by atoms with Gasteiger partial charge in [-0.1, -0.05) is 18.2 Å². The van der Waals surface area contributed by atoms with E-state index in [0.717, 1.165) is 12.8 Å². The van der Waals surface area contributed by atoms with Gasteiger partial charge in [-0.3, -0.25) is 19.2 Å². The zero-order valence-corrected chi connectivity index (χ0v) is 17.5. The lowest BCUT2D eigenvalue weighted by molar-refractivity contribution is -0.148. The van der Waals surface area contributed by atoms with Crippen molar-refractivity contribution in [2.24, 2.45) is 0 Å². The lowest BCUT2D eigenvalue weighted by atomic mass is 10.2. The maximum atomic E-state index is 12.7. The summed E-state index contributed by atoms with van der Waals surface area (Å²) in [6, 6.07) is 11.3. The second-order valence-corrected chi connectivity index (χ2v) is 7.71. The number of anilines is 1. The highest BCUT2D eigenvalue weighted by molar-refractivity contribution is 6.35. The summed E-state index contributed by atoms with van der Waals surface area (Å²) in [5, 5.41) is 11.6. The van der Waals surface area contributed by atoms with Crippen molar-refractivity contribution in [3.05, 3.63) is 30.3 Å². The Morgan fingerprint density at radius 1 is 1.00 bits per heavy atom. The van der Waals surface area contributed by atoms with Crippen LogP contribution in [0.1, 0.15) is 32.1 Å². The van der Waals surface area contributed by atoms with Crippen molar-refractivity contribution < 1.29 is 19.2 Å². The Balaban J connectivity index is 1.45. The summed E-state index contributed by atoms with van der Waals surface area (Å²) in [4.78, 5) is 54.0. The number of para-hydroxylation sites is 1. The number of carbonyl (C=O) groups is 4. The van der Waals surface area contributed by atoms with Gasteiger partial charge in [-0.25, -0.2) is 0 Å². The molecule has 164 valence electrons. The van der Waals surface area contributed by atoms with Gasteiger partial charge in [0.05, 0.1) is 12.5 Å². The molecule has 1 aromatic carbocycles. The van der Waals surface area contributed by atoms with Gasteiger partial charge in [0.15, 0.2) is 0 Å². The Morgan fingerprint density at radius 3 is 2.26 bits per heavy atom. The molecule has 0 bridgehead atoms. The molecule has 0 spiro atoms.